The van der Waals surface area contributed by atoms with Crippen LogP contribution in [0, 0.1) is 5.82 Å². The smallest absolute Gasteiger partial charge is 0.218 e. The van der Waals surface area contributed by atoms with Crippen LogP contribution < -0.4 is 15.1 Å². The Hall–Kier alpha value is -4.08. The molecule has 0 bridgehead atoms. The second-order valence-electron chi connectivity index (χ2n) is 9.86. The molecule has 2 N–H and O–H groups in total. The average Bonchev–Trinajstić information content (AvgIpc) is 3.39. The molecule has 1 saturated heterocycles. The predicted octanol–water partition coefficient (Wildman–Crippen LogP) is 4.96. The highest BCUT2D eigenvalue weighted by molar-refractivity contribution is 6.34. The summed E-state index contributed by atoms with van der Waals surface area (Å²) in [7, 11) is 3.68. The van der Waals surface area contributed by atoms with Crippen molar-refractivity contribution >= 4 is 35.0 Å². The van der Waals surface area contributed by atoms with Gasteiger partial charge < -0.3 is 24.6 Å². The average molecular weight is 549 g/mol. The number of anilines is 2. The molecule has 0 aliphatic carbocycles. The summed E-state index contributed by atoms with van der Waals surface area (Å²) in [5, 5.41) is 15.1. The monoisotopic (exact) mass is 548 g/mol. The fraction of sp³-hybridized carbons (Fsp3) is 0.241. The lowest BCUT2D eigenvalue weighted by Gasteiger charge is -2.34. The normalized spacial score (nSPS) is 15.7. The number of nitrogens with one attached hydrogen (secondary N) is 1. The van der Waals surface area contributed by atoms with E-state index in [1.165, 1.54) is 17.0 Å². The van der Waals surface area contributed by atoms with E-state index in [0.29, 0.717) is 40.4 Å². The molecule has 2 aromatic heterocycles. The number of pyridine rings is 1. The summed E-state index contributed by atoms with van der Waals surface area (Å²) in [6.07, 6.45) is 9.37. The van der Waals surface area contributed by atoms with Crippen molar-refractivity contribution in [1.82, 2.24) is 19.6 Å². The number of carbonyl (C=O) groups excluding carboxylic acids is 1. The molecule has 10 heteroatoms. The summed E-state index contributed by atoms with van der Waals surface area (Å²) in [5.41, 5.74) is 4.01. The lowest BCUT2D eigenvalue weighted by Crippen LogP contribution is -2.49. The first-order valence-electron chi connectivity index (χ1n) is 12.6. The van der Waals surface area contributed by atoms with E-state index in [2.05, 4.69) is 22.1 Å². The number of phenolic OH excluding ortho intramolecular Hbond substituents is 1. The number of halogens is 2. The van der Waals surface area contributed by atoms with Gasteiger partial charge in [0, 0.05) is 87.5 Å². The van der Waals surface area contributed by atoms with Crippen LogP contribution in [0.3, 0.4) is 0 Å². The van der Waals surface area contributed by atoms with Crippen molar-refractivity contribution in [2.45, 2.75) is 13.0 Å². The molecule has 0 spiro atoms. The minimum Gasteiger partial charge on any atom is -0.507 e. The molecular formula is C29H30ClFN6O2. The van der Waals surface area contributed by atoms with Crippen molar-refractivity contribution in [1.29, 1.82) is 0 Å². The molecule has 1 amide bonds. The number of nitrogens with zero attached hydrogens (tertiary/aromatic N) is 5. The van der Waals surface area contributed by atoms with E-state index in [1.54, 1.807) is 41.7 Å². The Morgan fingerprint density at radius 1 is 1.15 bits per heavy atom. The molecule has 1 fully saturated rings. The molecule has 4 aromatic rings. The van der Waals surface area contributed by atoms with Crippen LogP contribution in [0.2, 0.25) is 5.02 Å². The number of aromatic nitrogens is 2. The Balaban J connectivity index is 1.57. The molecule has 0 saturated carbocycles. The molecule has 1 atom stereocenters. The van der Waals surface area contributed by atoms with Crippen LogP contribution in [0.5, 0.6) is 5.75 Å². The molecule has 2 aromatic carbocycles. The van der Waals surface area contributed by atoms with Crippen LogP contribution in [0.25, 0.3) is 27.9 Å². The Morgan fingerprint density at radius 3 is 2.62 bits per heavy atom. The van der Waals surface area contributed by atoms with Gasteiger partial charge in [0.1, 0.15) is 11.6 Å². The van der Waals surface area contributed by atoms with Crippen molar-refractivity contribution in [3.05, 3.63) is 78.2 Å². The zero-order valence-electron chi connectivity index (χ0n) is 22.0. The highest BCUT2D eigenvalue weighted by Crippen LogP contribution is 2.42. The molecular weight excluding hydrogens is 519 g/mol. The third-order valence-corrected chi connectivity index (χ3v) is 7.04. The number of aromatic hydroxyl groups is 1. The lowest BCUT2D eigenvalue weighted by atomic mass is 9.97. The van der Waals surface area contributed by atoms with Gasteiger partial charge in [-0.15, -0.1) is 0 Å². The van der Waals surface area contributed by atoms with Crippen molar-refractivity contribution in [2.75, 3.05) is 43.5 Å². The first-order valence-corrected chi connectivity index (χ1v) is 13.0. The van der Waals surface area contributed by atoms with Crippen molar-refractivity contribution in [3.8, 4) is 28.0 Å². The molecule has 39 heavy (non-hydrogen) atoms. The molecule has 3 heterocycles. The Kier molecular flexibility index (Phi) is 7.45. The standard InChI is InChI=1S/C29H30ClFN6O2/c1-19-16-35(8-6-32-19)27-13-21(17-36-9-7-33-29(27)36)24-15-22(31)14-23(28(24)39)20-4-5-26(25(30)12-20)37(18-38)11-10-34(2)3/h4-5,7,9-15,17-19,32,39H,6,8,16H2,1-3H3/b11-10-/t19-/m1/s1. The van der Waals surface area contributed by atoms with E-state index >= 15 is 4.39 Å². The number of imidazole rings is 1. The summed E-state index contributed by atoms with van der Waals surface area (Å²) in [4.78, 5) is 21.6. The molecule has 202 valence electrons. The Morgan fingerprint density at radius 2 is 1.92 bits per heavy atom. The van der Waals surface area contributed by atoms with Crippen LogP contribution in [0.1, 0.15) is 6.92 Å². The van der Waals surface area contributed by atoms with Gasteiger partial charge in [-0.3, -0.25) is 9.69 Å². The van der Waals surface area contributed by atoms with Crippen molar-refractivity contribution in [2.24, 2.45) is 0 Å². The van der Waals surface area contributed by atoms with Gasteiger partial charge >= 0.3 is 0 Å². The Labute approximate surface area is 231 Å². The summed E-state index contributed by atoms with van der Waals surface area (Å²) in [5.74, 6) is -0.566. The van der Waals surface area contributed by atoms with Crippen molar-refractivity contribution in [3.63, 3.8) is 0 Å². The number of fused-ring (bicyclic) bond motifs is 1. The van der Waals surface area contributed by atoms with Gasteiger partial charge in [-0.05, 0) is 42.8 Å². The van der Waals surface area contributed by atoms with Crippen LogP contribution in [0.4, 0.5) is 15.8 Å². The number of hydrogen-bond acceptors (Lipinski definition) is 6. The largest absolute Gasteiger partial charge is 0.507 e. The number of hydrogen-bond donors (Lipinski definition) is 2. The van der Waals surface area contributed by atoms with E-state index in [9.17, 15) is 9.90 Å². The van der Waals surface area contributed by atoms with Gasteiger partial charge in [-0.25, -0.2) is 9.37 Å². The fourth-order valence-corrected chi connectivity index (χ4v) is 5.12. The first kappa shape index (κ1) is 26.5. The minimum absolute atomic E-state index is 0.0703. The second-order valence-corrected chi connectivity index (χ2v) is 10.3. The zero-order valence-corrected chi connectivity index (χ0v) is 22.7. The third kappa shape index (κ3) is 5.41. The summed E-state index contributed by atoms with van der Waals surface area (Å²) in [6.45, 7) is 4.59. The number of phenols is 1. The maximum absolute atomic E-state index is 15.0. The highest BCUT2D eigenvalue weighted by Gasteiger charge is 2.22. The maximum atomic E-state index is 15.0. The third-order valence-electron chi connectivity index (χ3n) is 6.74. The summed E-state index contributed by atoms with van der Waals surface area (Å²) in [6, 6.07) is 9.85. The molecule has 0 radical (unpaired) electrons. The zero-order chi connectivity index (χ0) is 27.7. The number of rotatable bonds is 7. The summed E-state index contributed by atoms with van der Waals surface area (Å²) < 4.78 is 16.9. The van der Waals surface area contributed by atoms with Gasteiger partial charge in [0.2, 0.25) is 6.41 Å². The molecule has 8 nitrogen and oxygen atoms in total. The van der Waals surface area contributed by atoms with E-state index in [4.69, 9.17) is 11.6 Å². The van der Waals surface area contributed by atoms with E-state index in [1.807, 2.05) is 37.0 Å². The lowest BCUT2D eigenvalue weighted by molar-refractivity contribution is -0.106. The fourth-order valence-electron chi connectivity index (χ4n) is 4.85. The second kappa shape index (κ2) is 11.0. The Bertz CT molecular complexity index is 1550. The summed E-state index contributed by atoms with van der Waals surface area (Å²) >= 11 is 6.54. The molecule has 0 unspecified atom stereocenters. The SMILES string of the molecule is C[C@@H]1CN(c2cc(-c3cc(F)cc(-c4ccc(N(C=O)/C=C\N(C)C)c(Cl)c4)c3O)cn3ccnc23)CCN1. The quantitative estimate of drug-likeness (QED) is 0.318. The van der Waals surface area contributed by atoms with E-state index < -0.39 is 5.82 Å². The molecule has 1 aliphatic heterocycles. The highest BCUT2D eigenvalue weighted by atomic mass is 35.5. The van der Waals surface area contributed by atoms with Gasteiger partial charge in [0.15, 0.2) is 5.65 Å². The van der Waals surface area contributed by atoms with Crippen LogP contribution in [0.15, 0.2) is 67.4 Å². The van der Waals surface area contributed by atoms with E-state index in [0.717, 1.165) is 31.0 Å². The molecule has 5 rings (SSSR count). The van der Waals surface area contributed by atoms with Gasteiger partial charge in [0.05, 0.1) is 16.4 Å². The van der Waals surface area contributed by atoms with Gasteiger partial charge in [-0.1, -0.05) is 17.7 Å². The first-order chi connectivity index (χ1) is 18.7. The number of piperazine rings is 1. The maximum Gasteiger partial charge on any atom is 0.218 e. The van der Waals surface area contributed by atoms with Crippen LogP contribution in [-0.4, -0.2) is 65.6 Å². The van der Waals surface area contributed by atoms with Crippen LogP contribution >= 0.6 is 11.6 Å². The predicted molar refractivity (Wildman–Crippen MR) is 154 cm³/mol. The number of amides is 1. The molecule has 1 aliphatic rings. The topological polar surface area (TPSA) is 76.3 Å². The number of carbonyl (C=O) groups is 1. The number of benzene rings is 2. The van der Waals surface area contributed by atoms with Gasteiger partial charge in [-0.2, -0.15) is 0 Å². The van der Waals surface area contributed by atoms with Gasteiger partial charge in [0.25, 0.3) is 0 Å². The van der Waals surface area contributed by atoms with E-state index in [-0.39, 0.29) is 10.8 Å². The minimum atomic E-state index is -0.496. The van der Waals surface area contributed by atoms with Crippen molar-refractivity contribution < 1.29 is 14.3 Å². The van der Waals surface area contributed by atoms with Crippen LogP contribution in [-0.2, 0) is 4.79 Å².